The van der Waals surface area contributed by atoms with E-state index in [9.17, 15) is 4.79 Å². The topological polar surface area (TPSA) is 85.1 Å². The van der Waals surface area contributed by atoms with Gasteiger partial charge in [0.25, 0.3) is 0 Å². The lowest BCUT2D eigenvalue weighted by Gasteiger charge is -2.03. The number of esters is 1. The van der Waals surface area contributed by atoms with E-state index in [2.05, 4.69) is 9.97 Å². The quantitative estimate of drug-likeness (QED) is 0.359. The van der Waals surface area contributed by atoms with Gasteiger partial charge in [0.05, 0.1) is 29.5 Å². The van der Waals surface area contributed by atoms with E-state index in [-0.39, 0.29) is 18.8 Å². The molecule has 1 heterocycles. The predicted octanol–water partition coefficient (Wildman–Crippen LogP) is 1.73. The van der Waals surface area contributed by atoms with E-state index in [1.165, 1.54) is 19.4 Å². The first-order valence-electron chi connectivity index (χ1n) is 6.24. The number of para-hydroxylation sites is 2. The van der Waals surface area contributed by atoms with Gasteiger partial charge in [-0.3, -0.25) is 4.98 Å². The van der Waals surface area contributed by atoms with Gasteiger partial charge in [0.1, 0.15) is 18.2 Å². The van der Waals surface area contributed by atoms with Gasteiger partial charge in [0.2, 0.25) is 0 Å². The number of hydrogen-bond acceptors (Lipinski definition) is 6. The number of hydrogen-bond donors (Lipinski definition) is 0. The van der Waals surface area contributed by atoms with Crippen molar-refractivity contribution in [3.8, 4) is 6.07 Å². The molecule has 0 spiro atoms. The number of methoxy groups -OCH3 is 1. The predicted molar refractivity (Wildman–Crippen MR) is 76.0 cm³/mol. The Balaban J connectivity index is 2.21. The fourth-order valence-corrected chi connectivity index (χ4v) is 1.62. The Morgan fingerprint density at radius 2 is 2.10 bits per heavy atom. The summed E-state index contributed by atoms with van der Waals surface area (Å²) in [7, 11) is 1.50. The van der Waals surface area contributed by atoms with Crippen molar-refractivity contribution in [1.82, 2.24) is 9.97 Å². The first-order chi connectivity index (χ1) is 10.2. The molecule has 1 aromatic heterocycles. The highest BCUT2D eigenvalue weighted by molar-refractivity contribution is 5.97. The lowest BCUT2D eigenvalue weighted by molar-refractivity contribution is -0.139. The SMILES string of the molecule is COCCOC(=O)/C(C#N)=C/c1cnc2ccccc2n1. The number of ether oxygens (including phenoxy) is 2. The number of aromatic nitrogens is 2. The molecule has 0 bridgehead atoms. The second-order valence-corrected chi connectivity index (χ2v) is 4.08. The molecule has 0 aliphatic heterocycles. The Morgan fingerprint density at radius 1 is 1.33 bits per heavy atom. The van der Waals surface area contributed by atoms with Crippen LogP contribution in [-0.4, -0.2) is 36.3 Å². The molecule has 0 saturated carbocycles. The van der Waals surface area contributed by atoms with Crippen molar-refractivity contribution in [2.45, 2.75) is 0 Å². The zero-order chi connectivity index (χ0) is 15.1. The summed E-state index contributed by atoms with van der Waals surface area (Å²) in [5.41, 5.74) is 1.73. The van der Waals surface area contributed by atoms with Crippen molar-refractivity contribution in [1.29, 1.82) is 5.26 Å². The second-order valence-electron chi connectivity index (χ2n) is 4.08. The Hall–Kier alpha value is -2.78. The van der Waals surface area contributed by atoms with Crippen LogP contribution >= 0.6 is 0 Å². The third-order valence-electron chi connectivity index (χ3n) is 2.62. The molecule has 0 unspecified atom stereocenters. The van der Waals surface area contributed by atoms with Crippen molar-refractivity contribution < 1.29 is 14.3 Å². The minimum Gasteiger partial charge on any atom is -0.459 e. The maximum atomic E-state index is 11.7. The van der Waals surface area contributed by atoms with Crippen LogP contribution in [0.2, 0.25) is 0 Å². The molecule has 0 fully saturated rings. The zero-order valence-corrected chi connectivity index (χ0v) is 11.4. The summed E-state index contributed by atoms with van der Waals surface area (Å²) in [6, 6.07) is 9.15. The van der Waals surface area contributed by atoms with Crippen LogP contribution in [0.5, 0.6) is 0 Å². The van der Waals surface area contributed by atoms with E-state index in [1.54, 1.807) is 6.07 Å². The summed E-state index contributed by atoms with van der Waals surface area (Å²) in [4.78, 5) is 20.2. The summed E-state index contributed by atoms with van der Waals surface area (Å²) in [5, 5.41) is 9.03. The average Bonchev–Trinajstić information content (AvgIpc) is 2.52. The van der Waals surface area contributed by atoms with Gasteiger partial charge in [-0.1, -0.05) is 12.1 Å². The van der Waals surface area contributed by atoms with Gasteiger partial charge in [-0.25, -0.2) is 9.78 Å². The van der Waals surface area contributed by atoms with Gasteiger partial charge in [0.15, 0.2) is 0 Å². The minimum atomic E-state index is -0.704. The lowest BCUT2D eigenvalue weighted by atomic mass is 10.2. The normalized spacial score (nSPS) is 11.1. The van der Waals surface area contributed by atoms with Crippen LogP contribution in [0.3, 0.4) is 0 Å². The smallest absolute Gasteiger partial charge is 0.349 e. The third kappa shape index (κ3) is 3.84. The molecule has 6 heteroatoms. The lowest BCUT2D eigenvalue weighted by Crippen LogP contribution is -2.11. The van der Waals surface area contributed by atoms with Crippen LogP contribution in [0.4, 0.5) is 0 Å². The molecule has 2 aromatic rings. The molecule has 0 N–H and O–H groups in total. The number of nitrogens with zero attached hydrogens (tertiary/aromatic N) is 3. The molecule has 0 aliphatic rings. The van der Waals surface area contributed by atoms with Crippen molar-refractivity contribution in [2.75, 3.05) is 20.3 Å². The third-order valence-corrected chi connectivity index (χ3v) is 2.62. The average molecular weight is 283 g/mol. The molecule has 0 radical (unpaired) electrons. The monoisotopic (exact) mass is 283 g/mol. The number of fused-ring (bicyclic) bond motifs is 1. The molecule has 0 saturated heterocycles. The Kier molecular flexibility index (Phi) is 4.96. The molecule has 21 heavy (non-hydrogen) atoms. The summed E-state index contributed by atoms with van der Waals surface area (Å²) >= 11 is 0. The van der Waals surface area contributed by atoms with E-state index < -0.39 is 5.97 Å². The van der Waals surface area contributed by atoms with Gasteiger partial charge in [0, 0.05) is 7.11 Å². The van der Waals surface area contributed by atoms with Crippen LogP contribution in [0.25, 0.3) is 17.1 Å². The number of carbonyl (C=O) groups excluding carboxylic acids is 1. The maximum absolute atomic E-state index is 11.7. The molecule has 0 aliphatic carbocycles. The summed E-state index contributed by atoms with van der Waals surface area (Å²) in [5.74, 6) is -0.704. The van der Waals surface area contributed by atoms with Crippen molar-refractivity contribution >= 4 is 23.1 Å². The van der Waals surface area contributed by atoms with Gasteiger partial charge >= 0.3 is 5.97 Å². The highest BCUT2D eigenvalue weighted by Crippen LogP contribution is 2.11. The molecule has 0 amide bonds. The zero-order valence-electron chi connectivity index (χ0n) is 11.4. The van der Waals surface area contributed by atoms with Gasteiger partial charge in [-0.05, 0) is 18.2 Å². The standard InChI is InChI=1S/C15H13N3O3/c1-20-6-7-21-15(19)11(9-16)8-12-10-17-13-4-2-3-5-14(13)18-12/h2-5,8,10H,6-7H2,1H3/b11-8+. The molecular weight excluding hydrogens is 270 g/mol. The van der Waals surface area contributed by atoms with E-state index >= 15 is 0 Å². The number of nitriles is 1. The van der Waals surface area contributed by atoms with Crippen molar-refractivity contribution in [3.63, 3.8) is 0 Å². The van der Waals surface area contributed by atoms with Gasteiger partial charge in [-0.15, -0.1) is 0 Å². The largest absolute Gasteiger partial charge is 0.459 e. The van der Waals surface area contributed by atoms with E-state index in [0.29, 0.717) is 11.2 Å². The van der Waals surface area contributed by atoms with Crippen LogP contribution < -0.4 is 0 Å². The van der Waals surface area contributed by atoms with Gasteiger partial charge in [-0.2, -0.15) is 5.26 Å². The van der Waals surface area contributed by atoms with Crippen molar-refractivity contribution in [2.24, 2.45) is 0 Å². The molecule has 106 valence electrons. The first-order valence-corrected chi connectivity index (χ1v) is 6.24. The van der Waals surface area contributed by atoms with Crippen LogP contribution in [0.15, 0.2) is 36.0 Å². The fraction of sp³-hybridized carbons (Fsp3) is 0.200. The van der Waals surface area contributed by atoms with Crippen LogP contribution in [-0.2, 0) is 14.3 Å². The summed E-state index contributed by atoms with van der Waals surface area (Å²) in [6.45, 7) is 0.373. The van der Waals surface area contributed by atoms with Gasteiger partial charge < -0.3 is 9.47 Å². The Bertz CT molecular complexity index is 719. The van der Waals surface area contributed by atoms with Crippen LogP contribution in [0.1, 0.15) is 5.69 Å². The molecule has 2 rings (SSSR count). The highest BCUT2D eigenvalue weighted by Gasteiger charge is 2.11. The number of benzene rings is 1. The molecule has 0 atom stereocenters. The number of carbonyl (C=O) groups is 1. The van der Waals surface area contributed by atoms with E-state index in [0.717, 1.165) is 5.52 Å². The second kappa shape index (κ2) is 7.12. The summed E-state index contributed by atoms with van der Waals surface area (Å²) < 4.78 is 9.66. The summed E-state index contributed by atoms with van der Waals surface area (Å²) in [6.07, 6.45) is 2.86. The molecule has 1 aromatic carbocycles. The fourth-order valence-electron chi connectivity index (χ4n) is 1.62. The minimum absolute atomic E-state index is 0.0950. The Morgan fingerprint density at radius 3 is 2.81 bits per heavy atom. The van der Waals surface area contributed by atoms with E-state index in [1.807, 2.05) is 24.3 Å². The first kappa shape index (κ1) is 14.6. The highest BCUT2D eigenvalue weighted by atomic mass is 16.6. The molecule has 6 nitrogen and oxygen atoms in total. The number of rotatable bonds is 5. The molecular formula is C15H13N3O3. The Labute approximate surface area is 121 Å². The van der Waals surface area contributed by atoms with Crippen molar-refractivity contribution in [3.05, 3.63) is 41.7 Å². The maximum Gasteiger partial charge on any atom is 0.349 e. The van der Waals surface area contributed by atoms with Crippen LogP contribution in [0, 0.1) is 11.3 Å². The van der Waals surface area contributed by atoms with E-state index in [4.69, 9.17) is 14.7 Å².